The summed E-state index contributed by atoms with van der Waals surface area (Å²) < 4.78 is 1.91. The normalized spacial score (nSPS) is 10.8. The number of carboxylic acids is 1. The molecular formula is C5H2BrN3O2S. The van der Waals surface area contributed by atoms with Crippen LogP contribution in [0, 0.1) is 0 Å². The average molecular weight is 248 g/mol. The molecule has 0 saturated carbocycles. The molecule has 2 aromatic rings. The molecule has 5 nitrogen and oxygen atoms in total. The predicted molar refractivity (Wildman–Crippen MR) is 45.5 cm³/mol. The molecule has 0 aromatic carbocycles. The second kappa shape index (κ2) is 2.53. The molecule has 7 heteroatoms. The van der Waals surface area contributed by atoms with E-state index in [9.17, 15) is 4.79 Å². The van der Waals surface area contributed by atoms with Gasteiger partial charge in [0.25, 0.3) is 0 Å². The maximum Gasteiger partial charge on any atom is 0.356 e. The summed E-state index contributed by atoms with van der Waals surface area (Å²) in [4.78, 5) is 15.0. The highest BCUT2D eigenvalue weighted by molar-refractivity contribution is 9.11. The first-order valence-corrected chi connectivity index (χ1v) is 4.53. The lowest BCUT2D eigenvalue weighted by Gasteiger charge is -1.85. The van der Waals surface area contributed by atoms with Crippen molar-refractivity contribution in [3.8, 4) is 0 Å². The number of imidazole rings is 1. The van der Waals surface area contributed by atoms with Crippen LogP contribution in [0.25, 0.3) is 4.96 Å². The maximum absolute atomic E-state index is 10.6. The average Bonchev–Trinajstić information content (AvgIpc) is 2.43. The standard InChI is InChI=1S/C5H2BrN3O2S/c6-4-8-9-2(3(10)11)1-7-5(9)12-4/h1H,(H,10,11). The van der Waals surface area contributed by atoms with E-state index in [0.717, 1.165) is 0 Å². The van der Waals surface area contributed by atoms with Crippen molar-refractivity contribution >= 4 is 38.2 Å². The third-order valence-corrected chi connectivity index (χ3v) is 2.64. The molecule has 0 fully saturated rings. The van der Waals surface area contributed by atoms with Crippen molar-refractivity contribution < 1.29 is 9.90 Å². The summed E-state index contributed by atoms with van der Waals surface area (Å²) in [6.45, 7) is 0. The molecule has 0 aliphatic heterocycles. The van der Waals surface area contributed by atoms with E-state index in [1.807, 2.05) is 0 Å². The van der Waals surface area contributed by atoms with E-state index in [0.29, 0.717) is 8.88 Å². The molecule has 0 spiro atoms. The maximum atomic E-state index is 10.6. The fourth-order valence-electron chi connectivity index (χ4n) is 0.815. The second-order valence-corrected chi connectivity index (χ2v) is 4.23. The first-order chi connectivity index (χ1) is 5.68. The van der Waals surface area contributed by atoms with Crippen molar-refractivity contribution in [3.05, 3.63) is 15.8 Å². The fraction of sp³-hybridized carbons (Fsp3) is 0. The monoisotopic (exact) mass is 247 g/mol. The smallest absolute Gasteiger partial charge is 0.356 e. The number of aromatic nitrogens is 3. The van der Waals surface area contributed by atoms with Gasteiger partial charge >= 0.3 is 5.97 Å². The van der Waals surface area contributed by atoms with Crippen LogP contribution in [0.15, 0.2) is 10.1 Å². The number of halogens is 1. The summed E-state index contributed by atoms with van der Waals surface area (Å²) >= 11 is 4.43. The Hall–Kier alpha value is -0.950. The largest absolute Gasteiger partial charge is 0.476 e. The quantitative estimate of drug-likeness (QED) is 0.824. The molecule has 1 N–H and O–H groups in total. The van der Waals surface area contributed by atoms with Crippen molar-refractivity contribution in [1.82, 2.24) is 14.6 Å². The third-order valence-electron chi connectivity index (χ3n) is 1.28. The molecule has 0 amide bonds. The number of fused-ring (bicyclic) bond motifs is 1. The van der Waals surface area contributed by atoms with Crippen LogP contribution in [0.4, 0.5) is 0 Å². The SMILES string of the molecule is O=C(O)c1cnc2sc(Br)nn12. The molecule has 0 bridgehead atoms. The Morgan fingerprint density at radius 1 is 1.75 bits per heavy atom. The predicted octanol–water partition coefficient (Wildman–Crippen LogP) is 1.25. The van der Waals surface area contributed by atoms with E-state index in [-0.39, 0.29) is 5.69 Å². The zero-order valence-electron chi connectivity index (χ0n) is 5.56. The Morgan fingerprint density at radius 3 is 3.17 bits per heavy atom. The van der Waals surface area contributed by atoms with Crippen LogP contribution in [0.2, 0.25) is 0 Å². The van der Waals surface area contributed by atoms with E-state index in [2.05, 4.69) is 26.0 Å². The van der Waals surface area contributed by atoms with Gasteiger partial charge in [-0.25, -0.2) is 9.78 Å². The topological polar surface area (TPSA) is 67.5 Å². The van der Waals surface area contributed by atoms with Crippen molar-refractivity contribution in [3.63, 3.8) is 0 Å². The Kier molecular flexibility index (Phi) is 1.62. The summed E-state index contributed by atoms with van der Waals surface area (Å²) in [5.74, 6) is -1.03. The van der Waals surface area contributed by atoms with Crippen LogP contribution in [0.3, 0.4) is 0 Å². The molecule has 0 unspecified atom stereocenters. The number of rotatable bonds is 1. The van der Waals surface area contributed by atoms with Crippen LogP contribution in [0.5, 0.6) is 0 Å². The highest BCUT2D eigenvalue weighted by Gasteiger charge is 2.13. The number of hydrogen-bond donors (Lipinski definition) is 1. The van der Waals surface area contributed by atoms with E-state index in [1.165, 1.54) is 22.0 Å². The van der Waals surface area contributed by atoms with Gasteiger partial charge in [-0.2, -0.15) is 4.52 Å². The van der Waals surface area contributed by atoms with Gasteiger partial charge < -0.3 is 5.11 Å². The summed E-state index contributed by atoms with van der Waals surface area (Å²) in [5, 5.41) is 12.6. The Bertz CT molecular complexity index is 448. The number of carbonyl (C=O) groups is 1. The summed E-state index contributed by atoms with van der Waals surface area (Å²) in [6.07, 6.45) is 1.29. The lowest BCUT2D eigenvalue weighted by molar-refractivity contribution is 0.0688. The highest BCUT2D eigenvalue weighted by atomic mass is 79.9. The number of hydrogen-bond acceptors (Lipinski definition) is 4. The molecule has 12 heavy (non-hydrogen) atoms. The van der Waals surface area contributed by atoms with Crippen molar-refractivity contribution in [2.24, 2.45) is 0 Å². The van der Waals surface area contributed by atoms with Gasteiger partial charge in [0.2, 0.25) is 4.96 Å². The first-order valence-electron chi connectivity index (χ1n) is 2.92. The molecule has 2 aromatic heterocycles. The zero-order valence-corrected chi connectivity index (χ0v) is 7.96. The van der Waals surface area contributed by atoms with Gasteiger partial charge in [-0.3, -0.25) is 0 Å². The van der Waals surface area contributed by atoms with Gasteiger partial charge in [-0.05, 0) is 15.9 Å². The van der Waals surface area contributed by atoms with Gasteiger partial charge in [0.05, 0.1) is 6.20 Å². The minimum Gasteiger partial charge on any atom is -0.476 e. The summed E-state index contributed by atoms with van der Waals surface area (Å²) in [5.41, 5.74) is 0.0759. The highest BCUT2D eigenvalue weighted by Crippen LogP contribution is 2.19. The molecule has 0 atom stereocenters. The van der Waals surface area contributed by atoms with E-state index >= 15 is 0 Å². The van der Waals surface area contributed by atoms with E-state index < -0.39 is 5.97 Å². The lowest BCUT2D eigenvalue weighted by atomic mass is 10.5. The number of aromatic carboxylic acids is 1. The first kappa shape index (κ1) is 7.69. The molecule has 0 radical (unpaired) electrons. The minimum atomic E-state index is -1.03. The van der Waals surface area contributed by atoms with Crippen molar-refractivity contribution in [1.29, 1.82) is 0 Å². The zero-order chi connectivity index (χ0) is 8.72. The van der Waals surface area contributed by atoms with E-state index in [4.69, 9.17) is 5.11 Å². The van der Waals surface area contributed by atoms with Crippen molar-refractivity contribution in [2.75, 3.05) is 0 Å². The summed E-state index contributed by atoms with van der Waals surface area (Å²) in [6, 6.07) is 0. The van der Waals surface area contributed by atoms with Crippen LogP contribution >= 0.6 is 27.3 Å². The van der Waals surface area contributed by atoms with Crippen LogP contribution < -0.4 is 0 Å². The third kappa shape index (κ3) is 1.01. The Labute approximate surface area is 78.8 Å². The molecular weight excluding hydrogens is 246 g/mol. The minimum absolute atomic E-state index is 0.0759. The second-order valence-electron chi connectivity index (χ2n) is 2.00. The Morgan fingerprint density at radius 2 is 2.50 bits per heavy atom. The van der Waals surface area contributed by atoms with E-state index in [1.54, 1.807) is 0 Å². The molecule has 62 valence electrons. The van der Waals surface area contributed by atoms with Gasteiger partial charge in [0.1, 0.15) is 0 Å². The van der Waals surface area contributed by atoms with Crippen LogP contribution in [-0.4, -0.2) is 25.7 Å². The van der Waals surface area contributed by atoms with Gasteiger partial charge in [-0.1, -0.05) is 11.3 Å². The lowest BCUT2D eigenvalue weighted by Crippen LogP contribution is -2.01. The van der Waals surface area contributed by atoms with Gasteiger partial charge in [-0.15, -0.1) is 5.10 Å². The van der Waals surface area contributed by atoms with Crippen molar-refractivity contribution in [2.45, 2.75) is 0 Å². The fourth-order valence-corrected chi connectivity index (χ4v) is 2.01. The molecule has 0 aliphatic carbocycles. The molecule has 2 heterocycles. The Balaban J connectivity index is 2.76. The number of carboxylic acid groups (broad SMARTS) is 1. The number of nitrogens with zero attached hydrogens (tertiary/aromatic N) is 3. The van der Waals surface area contributed by atoms with Gasteiger partial charge in [0, 0.05) is 0 Å². The van der Waals surface area contributed by atoms with Crippen LogP contribution in [0.1, 0.15) is 10.5 Å². The van der Waals surface area contributed by atoms with Gasteiger partial charge in [0.15, 0.2) is 9.61 Å². The molecule has 2 rings (SSSR count). The molecule has 0 saturated heterocycles. The van der Waals surface area contributed by atoms with Crippen LogP contribution in [-0.2, 0) is 0 Å². The summed E-state index contributed by atoms with van der Waals surface area (Å²) in [7, 11) is 0. The molecule has 0 aliphatic rings.